The second-order valence-corrected chi connectivity index (χ2v) is 4.39. The fraction of sp³-hybridized carbons (Fsp3) is 0.667. The van der Waals surface area contributed by atoms with Crippen LogP contribution >= 0.6 is 0 Å². The molecular weight excluding hydrogens is 204 g/mol. The van der Waals surface area contributed by atoms with Gasteiger partial charge in [-0.3, -0.25) is 9.59 Å². The van der Waals surface area contributed by atoms with Crippen LogP contribution in [0.15, 0.2) is 0 Å². The largest absolute Gasteiger partial charge is 0.342 e. The molecule has 4 nitrogen and oxygen atoms in total. The van der Waals surface area contributed by atoms with Crippen molar-refractivity contribution in [3.05, 3.63) is 0 Å². The molecule has 1 fully saturated rings. The Labute approximate surface area is 96.4 Å². The molecule has 1 rings (SSSR count). The summed E-state index contributed by atoms with van der Waals surface area (Å²) in [6.45, 7) is 6.32. The molecule has 0 aliphatic carbocycles. The van der Waals surface area contributed by atoms with E-state index in [1.807, 2.05) is 0 Å². The first kappa shape index (κ1) is 12.6. The Balaban J connectivity index is 2.71. The zero-order valence-electron chi connectivity index (χ0n) is 10.1. The van der Waals surface area contributed by atoms with Gasteiger partial charge in [0.15, 0.2) is 0 Å². The molecule has 0 saturated carbocycles. The summed E-state index contributed by atoms with van der Waals surface area (Å²) in [4.78, 5) is 25.2. The van der Waals surface area contributed by atoms with Crippen LogP contribution in [0.2, 0.25) is 0 Å². The van der Waals surface area contributed by atoms with Gasteiger partial charge in [0.1, 0.15) is 5.54 Å². The van der Waals surface area contributed by atoms with E-state index in [1.165, 1.54) is 0 Å². The van der Waals surface area contributed by atoms with Gasteiger partial charge in [-0.15, -0.1) is 11.8 Å². The minimum absolute atomic E-state index is 0.0312. The highest BCUT2D eigenvalue weighted by molar-refractivity contribution is 5.92. The summed E-state index contributed by atoms with van der Waals surface area (Å²) < 4.78 is 0. The standard InChI is InChI=1S/C12H18N2O2/c1-4-5-6-8-14-9-7-10(15)13-12(2,3)11(14)16/h6-9H2,1-3H3,(H,13,15). The van der Waals surface area contributed by atoms with Crippen LogP contribution in [0, 0.1) is 11.8 Å². The van der Waals surface area contributed by atoms with Gasteiger partial charge in [0.25, 0.3) is 0 Å². The van der Waals surface area contributed by atoms with E-state index in [2.05, 4.69) is 17.2 Å². The van der Waals surface area contributed by atoms with E-state index in [0.717, 1.165) is 0 Å². The Hall–Kier alpha value is -1.50. The Bertz CT molecular complexity index is 350. The first-order valence-electron chi connectivity index (χ1n) is 5.47. The molecule has 1 N–H and O–H groups in total. The Kier molecular flexibility index (Phi) is 3.94. The van der Waals surface area contributed by atoms with Crippen molar-refractivity contribution in [3.8, 4) is 11.8 Å². The molecule has 0 aromatic carbocycles. The Morgan fingerprint density at radius 3 is 2.75 bits per heavy atom. The zero-order valence-corrected chi connectivity index (χ0v) is 10.1. The summed E-state index contributed by atoms with van der Waals surface area (Å²) in [7, 11) is 0. The van der Waals surface area contributed by atoms with E-state index in [0.29, 0.717) is 25.9 Å². The second kappa shape index (κ2) is 5.02. The van der Waals surface area contributed by atoms with Crippen molar-refractivity contribution < 1.29 is 9.59 Å². The summed E-state index contributed by atoms with van der Waals surface area (Å²) >= 11 is 0. The van der Waals surface area contributed by atoms with Crippen LogP contribution in [0.1, 0.15) is 33.6 Å². The summed E-state index contributed by atoms with van der Waals surface area (Å²) in [5.74, 6) is 5.62. The number of hydrogen-bond acceptors (Lipinski definition) is 2. The van der Waals surface area contributed by atoms with Gasteiger partial charge in [-0.25, -0.2) is 0 Å². The van der Waals surface area contributed by atoms with E-state index in [1.54, 1.807) is 25.7 Å². The van der Waals surface area contributed by atoms with Crippen molar-refractivity contribution in [3.63, 3.8) is 0 Å². The van der Waals surface area contributed by atoms with Gasteiger partial charge in [-0.2, -0.15) is 0 Å². The third kappa shape index (κ3) is 2.99. The smallest absolute Gasteiger partial charge is 0.247 e. The minimum atomic E-state index is -0.798. The summed E-state index contributed by atoms with van der Waals surface area (Å²) in [6.07, 6.45) is 1.03. The third-order valence-corrected chi connectivity index (χ3v) is 2.57. The predicted octanol–water partition coefficient (Wildman–Crippen LogP) is 0.527. The number of nitrogens with one attached hydrogen (secondary N) is 1. The highest BCUT2D eigenvalue weighted by Gasteiger charge is 2.35. The van der Waals surface area contributed by atoms with Gasteiger partial charge in [0.05, 0.1) is 0 Å². The first-order chi connectivity index (χ1) is 7.47. The molecule has 1 saturated heterocycles. The van der Waals surface area contributed by atoms with E-state index in [9.17, 15) is 9.59 Å². The van der Waals surface area contributed by atoms with Crippen LogP contribution in [0.3, 0.4) is 0 Å². The molecule has 16 heavy (non-hydrogen) atoms. The Morgan fingerprint density at radius 1 is 1.44 bits per heavy atom. The number of amides is 2. The average molecular weight is 222 g/mol. The predicted molar refractivity (Wildman–Crippen MR) is 61.5 cm³/mol. The lowest BCUT2D eigenvalue weighted by molar-refractivity contribution is -0.137. The second-order valence-electron chi connectivity index (χ2n) is 4.39. The molecule has 4 heteroatoms. The number of rotatable bonds is 2. The fourth-order valence-electron chi connectivity index (χ4n) is 1.73. The lowest BCUT2D eigenvalue weighted by atomic mass is 10.0. The maximum absolute atomic E-state index is 12.1. The normalized spacial score (nSPS) is 19.6. The average Bonchev–Trinajstić information content (AvgIpc) is 2.29. The van der Waals surface area contributed by atoms with E-state index in [4.69, 9.17) is 0 Å². The van der Waals surface area contributed by atoms with Crippen molar-refractivity contribution in [1.82, 2.24) is 10.2 Å². The molecule has 88 valence electrons. The van der Waals surface area contributed by atoms with Gasteiger partial charge in [0, 0.05) is 25.9 Å². The van der Waals surface area contributed by atoms with Crippen molar-refractivity contribution >= 4 is 11.8 Å². The topological polar surface area (TPSA) is 49.4 Å². The molecule has 0 unspecified atom stereocenters. The molecule has 0 atom stereocenters. The van der Waals surface area contributed by atoms with Crippen molar-refractivity contribution in [2.75, 3.05) is 13.1 Å². The highest BCUT2D eigenvalue weighted by Crippen LogP contribution is 2.13. The number of hydrogen-bond donors (Lipinski definition) is 1. The van der Waals surface area contributed by atoms with Gasteiger partial charge in [-0.05, 0) is 20.8 Å². The number of nitrogens with zero attached hydrogens (tertiary/aromatic N) is 1. The molecule has 0 aromatic heterocycles. The molecule has 0 radical (unpaired) electrons. The van der Waals surface area contributed by atoms with E-state index in [-0.39, 0.29) is 11.8 Å². The van der Waals surface area contributed by atoms with Gasteiger partial charge < -0.3 is 10.2 Å². The van der Waals surface area contributed by atoms with E-state index < -0.39 is 5.54 Å². The van der Waals surface area contributed by atoms with Crippen molar-refractivity contribution in [1.29, 1.82) is 0 Å². The zero-order chi connectivity index (χ0) is 12.2. The maximum Gasteiger partial charge on any atom is 0.247 e. The monoisotopic (exact) mass is 222 g/mol. The highest BCUT2D eigenvalue weighted by atomic mass is 16.2. The molecular formula is C12H18N2O2. The molecule has 1 aliphatic rings. The minimum Gasteiger partial charge on any atom is -0.342 e. The summed E-state index contributed by atoms with van der Waals surface area (Å²) in [5.41, 5.74) is -0.798. The van der Waals surface area contributed by atoms with Crippen LogP contribution in [0.25, 0.3) is 0 Å². The van der Waals surface area contributed by atoms with Crippen molar-refractivity contribution in [2.45, 2.75) is 39.2 Å². The van der Waals surface area contributed by atoms with Gasteiger partial charge in [-0.1, -0.05) is 0 Å². The molecule has 1 aliphatic heterocycles. The Morgan fingerprint density at radius 2 is 2.12 bits per heavy atom. The molecule has 1 heterocycles. The SMILES string of the molecule is CC#CCCN1CCC(=O)NC(C)(C)C1=O. The number of carbonyl (C=O) groups excluding carboxylic acids is 2. The quantitative estimate of drug-likeness (QED) is 0.693. The van der Waals surface area contributed by atoms with Crippen LogP contribution < -0.4 is 5.32 Å². The molecule has 0 spiro atoms. The van der Waals surface area contributed by atoms with E-state index >= 15 is 0 Å². The van der Waals surface area contributed by atoms with Crippen LogP contribution in [-0.2, 0) is 9.59 Å². The van der Waals surface area contributed by atoms with Crippen LogP contribution in [0.4, 0.5) is 0 Å². The molecule has 0 bridgehead atoms. The fourth-order valence-corrected chi connectivity index (χ4v) is 1.73. The summed E-state index contributed by atoms with van der Waals surface area (Å²) in [6, 6.07) is 0. The molecule has 2 amide bonds. The maximum atomic E-state index is 12.1. The van der Waals surface area contributed by atoms with Crippen molar-refractivity contribution in [2.24, 2.45) is 0 Å². The molecule has 0 aromatic rings. The summed E-state index contributed by atoms with van der Waals surface area (Å²) in [5, 5.41) is 2.72. The third-order valence-electron chi connectivity index (χ3n) is 2.57. The van der Waals surface area contributed by atoms with Gasteiger partial charge in [0.2, 0.25) is 11.8 Å². The van der Waals surface area contributed by atoms with Crippen LogP contribution in [-0.4, -0.2) is 35.3 Å². The number of carbonyl (C=O) groups is 2. The lowest BCUT2D eigenvalue weighted by Gasteiger charge is -2.28. The van der Waals surface area contributed by atoms with Crippen LogP contribution in [0.5, 0.6) is 0 Å². The first-order valence-corrected chi connectivity index (χ1v) is 5.47. The lowest BCUT2D eigenvalue weighted by Crippen LogP contribution is -2.52. The van der Waals surface area contributed by atoms with Gasteiger partial charge >= 0.3 is 0 Å².